The van der Waals surface area contributed by atoms with Crippen LogP contribution in [-0.2, 0) is 9.47 Å². The maximum Gasteiger partial charge on any atom is 0.233 e. The Labute approximate surface area is 250 Å². The second-order valence-electron chi connectivity index (χ2n) is 10.0. The lowest BCUT2D eigenvalue weighted by molar-refractivity contribution is -0.277. The Hall–Kier alpha value is -3.42. The number of benzene rings is 2. The summed E-state index contributed by atoms with van der Waals surface area (Å²) in [4.78, 5) is 26.4. The molecule has 0 aromatic heterocycles. The molecule has 2 heterocycles. The Balaban J connectivity index is 1.53. The van der Waals surface area contributed by atoms with E-state index in [4.69, 9.17) is 28.4 Å². The third-order valence-electron chi connectivity index (χ3n) is 7.24. The van der Waals surface area contributed by atoms with Crippen molar-refractivity contribution in [1.82, 2.24) is 0 Å². The molecular weight excluding hydrogens is 592 g/mol. The summed E-state index contributed by atoms with van der Waals surface area (Å²) in [6.07, 6.45) is -15.6. The summed E-state index contributed by atoms with van der Waals surface area (Å²) in [5.41, 5.74) is -0.281. The molecule has 2 aromatic rings. The standard InChI is InChI=1S/C28H34O16/c1-39-13-5-3-12(8-16(13)42-28-26(38)24(36)22(34)18(10-30)44-28)20(32)19(31)11-4-6-14(15(7-11)40-2)41-27-25(37)23(35)21(33)17(9-29)43-27/h3-8,17-18,21-30,33-38H,9-10H2,1-2H3/t17-,18-,21-,22-,23+,24+,25-,26-,27-,28-/m1/s1. The van der Waals surface area contributed by atoms with Gasteiger partial charge in [-0.2, -0.15) is 0 Å². The number of aliphatic hydroxyl groups is 8. The molecule has 2 aliphatic heterocycles. The van der Waals surface area contributed by atoms with Crippen molar-refractivity contribution in [2.75, 3.05) is 27.4 Å². The lowest BCUT2D eigenvalue weighted by Gasteiger charge is -2.39. The molecule has 16 nitrogen and oxygen atoms in total. The van der Waals surface area contributed by atoms with Crippen LogP contribution < -0.4 is 18.9 Å². The molecule has 242 valence electrons. The van der Waals surface area contributed by atoms with Crippen molar-refractivity contribution in [2.45, 2.75) is 61.4 Å². The summed E-state index contributed by atoms with van der Waals surface area (Å²) in [7, 11) is 2.54. The van der Waals surface area contributed by atoms with Gasteiger partial charge in [-0.25, -0.2) is 0 Å². The zero-order chi connectivity index (χ0) is 32.3. The Bertz CT molecular complexity index is 1310. The summed E-state index contributed by atoms with van der Waals surface area (Å²) in [5, 5.41) is 79.4. The maximum absolute atomic E-state index is 13.2. The minimum atomic E-state index is -1.74. The predicted octanol–water partition coefficient (Wildman–Crippen LogP) is -2.87. The van der Waals surface area contributed by atoms with Gasteiger partial charge in [-0.3, -0.25) is 9.59 Å². The van der Waals surface area contributed by atoms with Crippen LogP contribution in [0.4, 0.5) is 0 Å². The number of aliphatic hydroxyl groups excluding tert-OH is 8. The van der Waals surface area contributed by atoms with Crippen molar-refractivity contribution in [3.05, 3.63) is 47.5 Å². The molecule has 44 heavy (non-hydrogen) atoms. The normalized spacial score (nSPS) is 32.0. The average Bonchev–Trinajstić information content (AvgIpc) is 3.04. The second-order valence-corrected chi connectivity index (χ2v) is 10.0. The van der Waals surface area contributed by atoms with Gasteiger partial charge in [-0.05, 0) is 36.4 Å². The van der Waals surface area contributed by atoms with Crippen LogP contribution in [0.1, 0.15) is 20.7 Å². The highest BCUT2D eigenvalue weighted by molar-refractivity contribution is 6.49. The molecule has 2 aliphatic rings. The summed E-state index contributed by atoms with van der Waals surface area (Å²) in [5.74, 6) is -2.16. The van der Waals surface area contributed by atoms with Gasteiger partial charge < -0.3 is 69.3 Å². The zero-order valence-corrected chi connectivity index (χ0v) is 23.5. The fraction of sp³-hybridized carbons (Fsp3) is 0.500. The number of methoxy groups -OCH3 is 2. The Kier molecular flexibility index (Phi) is 10.7. The monoisotopic (exact) mass is 626 g/mol. The van der Waals surface area contributed by atoms with E-state index in [0.717, 1.165) is 6.07 Å². The van der Waals surface area contributed by atoms with Gasteiger partial charge in [0.1, 0.15) is 48.8 Å². The molecule has 4 rings (SSSR count). The van der Waals surface area contributed by atoms with Crippen molar-refractivity contribution in [2.24, 2.45) is 0 Å². The minimum absolute atomic E-state index is 0.0537. The molecular formula is C28H34O16. The number of ketones is 2. The van der Waals surface area contributed by atoms with Crippen LogP contribution >= 0.6 is 0 Å². The number of rotatable bonds is 11. The number of Topliss-reactive ketones (excluding diaryl/α,β-unsaturated/α-hetero) is 2. The molecule has 2 aromatic carbocycles. The highest BCUT2D eigenvalue weighted by Crippen LogP contribution is 2.34. The van der Waals surface area contributed by atoms with Crippen molar-refractivity contribution < 1.29 is 78.9 Å². The molecule has 0 bridgehead atoms. The number of hydrogen-bond acceptors (Lipinski definition) is 16. The smallest absolute Gasteiger partial charge is 0.233 e. The lowest BCUT2D eigenvalue weighted by Crippen LogP contribution is -2.60. The largest absolute Gasteiger partial charge is 0.493 e. The van der Waals surface area contributed by atoms with E-state index in [9.17, 15) is 50.4 Å². The van der Waals surface area contributed by atoms with Gasteiger partial charge >= 0.3 is 0 Å². The maximum atomic E-state index is 13.2. The number of carbonyl (C=O) groups is 2. The molecule has 2 fully saturated rings. The Morgan fingerprint density at radius 1 is 0.591 bits per heavy atom. The second kappa shape index (κ2) is 14.1. The van der Waals surface area contributed by atoms with Crippen molar-refractivity contribution in [3.8, 4) is 23.0 Å². The molecule has 0 spiro atoms. The molecule has 0 amide bonds. The van der Waals surface area contributed by atoms with Gasteiger partial charge in [0.05, 0.1) is 27.4 Å². The van der Waals surface area contributed by atoms with Crippen LogP contribution in [0.3, 0.4) is 0 Å². The van der Waals surface area contributed by atoms with Crippen LogP contribution in [0.25, 0.3) is 0 Å². The van der Waals surface area contributed by atoms with Crippen LogP contribution in [0.5, 0.6) is 23.0 Å². The third-order valence-corrected chi connectivity index (χ3v) is 7.24. The summed E-state index contributed by atoms with van der Waals surface area (Å²) >= 11 is 0. The highest BCUT2D eigenvalue weighted by Gasteiger charge is 2.46. The van der Waals surface area contributed by atoms with Crippen molar-refractivity contribution in [1.29, 1.82) is 0 Å². The van der Waals surface area contributed by atoms with Gasteiger partial charge in [-0.1, -0.05) is 0 Å². The molecule has 0 saturated carbocycles. The number of ether oxygens (including phenoxy) is 6. The van der Waals surface area contributed by atoms with Crippen LogP contribution in [0, 0.1) is 0 Å². The van der Waals surface area contributed by atoms with Gasteiger partial charge in [0, 0.05) is 11.1 Å². The molecule has 10 atom stereocenters. The van der Waals surface area contributed by atoms with E-state index in [1.807, 2.05) is 0 Å². The number of hydrogen-bond donors (Lipinski definition) is 8. The summed E-state index contributed by atoms with van der Waals surface area (Å²) in [6, 6.07) is 7.42. The van der Waals surface area contributed by atoms with Gasteiger partial charge in [0.25, 0.3) is 0 Å². The first-order valence-corrected chi connectivity index (χ1v) is 13.3. The van der Waals surface area contributed by atoms with Crippen LogP contribution in [0.15, 0.2) is 36.4 Å². The third kappa shape index (κ3) is 6.64. The molecule has 16 heteroatoms. The summed E-state index contributed by atoms with van der Waals surface area (Å²) < 4.78 is 32.4. The van der Waals surface area contributed by atoms with Gasteiger partial charge in [0.15, 0.2) is 23.0 Å². The van der Waals surface area contributed by atoms with Crippen LogP contribution in [-0.4, -0.2) is 141 Å². The first-order valence-electron chi connectivity index (χ1n) is 13.3. The Morgan fingerprint density at radius 3 is 1.43 bits per heavy atom. The Morgan fingerprint density at radius 2 is 1.00 bits per heavy atom. The fourth-order valence-electron chi connectivity index (χ4n) is 4.66. The van der Waals surface area contributed by atoms with Crippen LogP contribution in [0.2, 0.25) is 0 Å². The van der Waals surface area contributed by atoms with Gasteiger partial charge in [0.2, 0.25) is 24.1 Å². The average molecular weight is 627 g/mol. The highest BCUT2D eigenvalue weighted by atomic mass is 16.7. The van der Waals surface area contributed by atoms with Crippen molar-refractivity contribution >= 4 is 11.6 Å². The molecule has 2 saturated heterocycles. The minimum Gasteiger partial charge on any atom is -0.493 e. The topological polar surface area (TPSA) is 251 Å². The predicted molar refractivity (Wildman–Crippen MR) is 143 cm³/mol. The van der Waals surface area contributed by atoms with E-state index < -0.39 is 86.2 Å². The van der Waals surface area contributed by atoms with E-state index >= 15 is 0 Å². The first kappa shape index (κ1) is 33.5. The quantitative estimate of drug-likeness (QED) is 0.0921. The van der Waals surface area contributed by atoms with E-state index in [1.165, 1.54) is 44.6 Å². The molecule has 0 aliphatic carbocycles. The summed E-state index contributed by atoms with van der Waals surface area (Å²) in [6.45, 7) is -1.36. The lowest BCUT2D eigenvalue weighted by atomic mass is 9.99. The molecule has 0 radical (unpaired) electrons. The van der Waals surface area contributed by atoms with E-state index in [1.54, 1.807) is 0 Å². The molecule has 8 N–H and O–H groups in total. The van der Waals surface area contributed by atoms with Gasteiger partial charge in [-0.15, -0.1) is 0 Å². The SMILES string of the molecule is COc1cc(C(=O)C(=O)c2ccc(OC)c(O[C@@H]3O[C@H](CO)[C@@H](O)[C@H](O)[C@H]3O)c2)ccc1O[C@@H]1O[C@H](CO)[C@@H](O)[C@H](O)[C@H]1O. The fourth-order valence-corrected chi connectivity index (χ4v) is 4.66. The van der Waals surface area contributed by atoms with E-state index in [-0.39, 0.29) is 34.1 Å². The van der Waals surface area contributed by atoms with E-state index in [2.05, 4.69) is 0 Å². The van der Waals surface area contributed by atoms with Crippen molar-refractivity contribution in [3.63, 3.8) is 0 Å². The first-order chi connectivity index (χ1) is 20.9. The molecule has 0 unspecified atom stereocenters. The number of carbonyl (C=O) groups excluding carboxylic acids is 2. The zero-order valence-electron chi connectivity index (χ0n) is 23.5. The van der Waals surface area contributed by atoms with E-state index in [0.29, 0.717) is 0 Å².